The van der Waals surface area contributed by atoms with Crippen LogP contribution < -0.4 is 8.37 Å². The molecule has 0 aromatic heterocycles. The monoisotopic (exact) mass is 564 g/mol. The van der Waals surface area contributed by atoms with E-state index in [1.54, 1.807) is 12.2 Å². The Morgan fingerprint density at radius 1 is 0.639 bits per heavy atom. The maximum absolute atomic E-state index is 12.6. The predicted octanol–water partition coefficient (Wildman–Crippen LogP) is 7.22. The van der Waals surface area contributed by atoms with E-state index in [9.17, 15) is 43.2 Å². The van der Waals surface area contributed by atoms with Crippen molar-refractivity contribution in [3.05, 3.63) is 73.8 Å². The zero-order valence-electron chi connectivity index (χ0n) is 19.7. The minimum atomic E-state index is -6.20. The van der Waals surface area contributed by atoms with Gasteiger partial charge in [-0.1, -0.05) is 89.4 Å². The van der Waals surface area contributed by atoms with Gasteiger partial charge in [0, 0.05) is 0 Å². The van der Waals surface area contributed by atoms with E-state index in [1.165, 1.54) is 18.2 Å². The van der Waals surface area contributed by atoms with Gasteiger partial charge in [0.2, 0.25) is 0 Å². The summed E-state index contributed by atoms with van der Waals surface area (Å²) in [6, 6.07) is 8.53. The van der Waals surface area contributed by atoms with E-state index >= 15 is 0 Å². The van der Waals surface area contributed by atoms with E-state index in [0.717, 1.165) is 18.2 Å². The molecular formula is C22H26F6O6S2. The molecule has 6 nitrogen and oxygen atoms in total. The molecule has 0 bridgehead atoms. The zero-order chi connectivity index (χ0) is 28.8. The minimum absolute atomic E-state index is 0.164. The number of benzene rings is 2. The molecule has 0 spiro atoms. The normalized spacial score (nSPS) is 11.2. The molecule has 0 unspecified atom stereocenters. The second-order valence-electron chi connectivity index (χ2n) is 5.43. The van der Waals surface area contributed by atoms with E-state index in [1.807, 2.05) is 27.7 Å². The first-order valence-electron chi connectivity index (χ1n) is 10.0. The van der Waals surface area contributed by atoms with Crippen LogP contribution in [-0.4, -0.2) is 27.9 Å². The lowest BCUT2D eigenvalue weighted by molar-refractivity contribution is -0.0502. The Bertz CT molecular complexity index is 1090. The molecule has 0 saturated carbocycles. The molecule has 0 aliphatic carbocycles. The highest BCUT2D eigenvalue weighted by atomic mass is 32.2. The van der Waals surface area contributed by atoms with Gasteiger partial charge in [0.25, 0.3) is 0 Å². The average molecular weight is 565 g/mol. The van der Waals surface area contributed by atoms with Crippen LogP contribution in [0.3, 0.4) is 0 Å². The summed E-state index contributed by atoms with van der Waals surface area (Å²) >= 11 is 0. The number of halogens is 6. The molecule has 0 amide bonds. The summed E-state index contributed by atoms with van der Waals surface area (Å²) in [6.45, 7) is 14.7. The van der Waals surface area contributed by atoms with Crippen molar-refractivity contribution in [1.82, 2.24) is 0 Å². The van der Waals surface area contributed by atoms with Crippen LogP contribution in [0.1, 0.15) is 27.7 Å². The van der Waals surface area contributed by atoms with Gasteiger partial charge in [0.1, 0.15) is 0 Å². The van der Waals surface area contributed by atoms with Crippen molar-refractivity contribution in [2.24, 2.45) is 0 Å². The van der Waals surface area contributed by atoms with Gasteiger partial charge in [-0.15, -0.1) is 0 Å². The number of hydrogen-bond donors (Lipinski definition) is 0. The largest absolute Gasteiger partial charge is 0.534 e. The standard InChI is InChI=1S/C14H8F6O6S2.C4H6.2C2H6/c15-13(16,17)27(21,22)25-10-7-4-8-11(26-28(23,24)14(18,19)20)12(10)9-5-2-1-3-6-9;1-3-4-2;2*1-2/h1-8H;3-4H,1-2H2;2*1-2H3. The van der Waals surface area contributed by atoms with Crippen molar-refractivity contribution in [3.63, 3.8) is 0 Å². The van der Waals surface area contributed by atoms with Gasteiger partial charge < -0.3 is 8.37 Å². The van der Waals surface area contributed by atoms with E-state index < -0.39 is 48.3 Å². The number of allylic oxidation sites excluding steroid dienone is 2. The lowest BCUT2D eigenvalue weighted by atomic mass is 10.0. The predicted molar refractivity (Wildman–Crippen MR) is 126 cm³/mol. The second-order valence-corrected chi connectivity index (χ2v) is 8.51. The molecule has 0 heterocycles. The fourth-order valence-corrected chi connectivity index (χ4v) is 2.81. The first-order chi connectivity index (χ1) is 16.6. The van der Waals surface area contributed by atoms with Crippen LogP contribution in [0, 0.1) is 0 Å². The fraction of sp³-hybridized carbons (Fsp3) is 0.273. The van der Waals surface area contributed by atoms with Gasteiger partial charge in [-0.05, 0) is 17.7 Å². The highest BCUT2D eigenvalue weighted by molar-refractivity contribution is 7.88. The third-order valence-corrected chi connectivity index (χ3v) is 5.11. The summed E-state index contributed by atoms with van der Waals surface area (Å²) in [4.78, 5) is 0. The van der Waals surface area contributed by atoms with Crippen LogP contribution in [0.4, 0.5) is 26.3 Å². The second kappa shape index (κ2) is 15.2. The third kappa shape index (κ3) is 10.3. The maximum Gasteiger partial charge on any atom is 0.534 e. The Morgan fingerprint density at radius 2 is 0.972 bits per heavy atom. The molecule has 0 atom stereocenters. The van der Waals surface area contributed by atoms with Crippen molar-refractivity contribution in [1.29, 1.82) is 0 Å². The highest BCUT2D eigenvalue weighted by Gasteiger charge is 2.50. The van der Waals surface area contributed by atoms with Gasteiger partial charge in [-0.2, -0.15) is 43.2 Å². The molecule has 0 aliphatic rings. The molecule has 36 heavy (non-hydrogen) atoms. The van der Waals surface area contributed by atoms with Crippen molar-refractivity contribution < 1.29 is 51.5 Å². The maximum atomic E-state index is 12.6. The molecule has 2 aromatic carbocycles. The molecule has 2 aromatic rings. The SMILES string of the molecule is C=CC=C.CC.CC.O=S(=O)(Oc1cccc(OS(=O)(=O)C(F)(F)F)c1-c1ccccc1)C(F)(F)F. The number of alkyl halides is 6. The van der Waals surface area contributed by atoms with Gasteiger partial charge in [-0.3, -0.25) is 0 Å². The van der Waals surface area contributed by atoms with Crippen molar-refractivity contribution >= 4 is 20.2 Å². The summed E-state index contributed by atoms with van der Waals surface area (Å²) in [5, 5.41) is 0. The zero-order valence-corrected chi connectivity index (χ0v) is 21.4. The Morgan fingerprint density at radius 3 is 1.25 bits per heavy atom. The molecule has 14 heteroatoms. The van der Waals surface area contributed by atoms with Crippen LogP contribution in [0.15, 0.2) is 73.8 Å². The molecule has 0 N–H and O–H groups in total. The molecule has 204 valence electrons. The van der Waals surface area contributed by atoms with Crippen LogP contribution in [-0.2, 0) is 20.2 Å². The summed E-state index contributed by atoms with van der Waals surface area (Å²) in [5.41, 5.74) is -12.6. The topological polar surface area (TPSA) is 86.7 Å². The Hall–Kier alpha value is -3.00. The lowest BCUT2D eigenvalue weighted by Crippen LogP contribution is -2.29. The van der Waals surface area contributed by atoms with E-state index in [0.29, 0.717) is 12.1 Å². The summed E-state index contributed by atoms with van der Waals surface area (Å²) in [5.74, 6) is -2.17. The van der Waals surface area contributed by atoms with Gasteiger partial charge in [0.15, 0.2) is 11.5 Å². The quantitative estimate of drug-likeness (QED) is 0.159. The molecule has 0 aliphatic heterocycles. The van der Waals surface area contributed by atoms with Crippen molar-refractivity contribution in [3.8, 4) is 22.6 Å². The minimum Gasteiger partial charge on any atom is -0.375 e. The van der Waals surface area contributed by atoms with E-state index in [4.69, 9.17) is 0 Å². The van der Waals surface area contributed by atoms with Gasteiger partial charge in [0.05, 0.1) is 5.56 Å². The average Bonchev–Trinajstić information content (AvgIpc) is 2.80. The molecule has 0 fully saturated rings. The van der Waals surface area contributed by atoms with E-state index in [-0.39, 0.29) is 5.56 Å². The van der Waals surface area contributed by atoms with Gasteiger partial charge in [-0.25, -0.2) is 0 Å². The first kappa shape index (κ1) is 35.2. The Labute approximate surface area is 207 Å². The molecular weight excluding hydrogens is 538 g/mol. The van der Waals surface area contributed by atoms with Crippen LogP contribution in [0.2, 0.25) is 0 Å². The fourth-order valence-electron chi connectivity index (χ4n) is 1.87. The summed E-state index contributed by atoms with van der Waals surface area (Å²) < 4.78 is 129. The molecule has 0 saturated heterocycles. The highest BCUT2D eigenvalue weighted by Crippen LogP contribution is 2.42. The third-order valence-electron chi connectivity index (χ3n) is 3.18. The smallest absolute Gasteiger partial charge is 0.375 e. The first-order valence-corrected chi connectivity index (χ1v) is 12.8. The van der Waals surface area contributed by atoms with Crippen molar-refractivity contribution in [2.45, 2.75) is 38.7 Å². The Kier molecular flexibility index (Phi) is 14.8. The molecule has 2 rings (SSSR count). The van der Waals surface area contributed by atoms with Gasteiger partial charge >= 0.3 is 31.3 Å². The lowest BCUT2D eigenvalue weighted by Gasteiger charge is -2.17. The number of hydrogen-bond acceptors (Lipinski definition) is 6. The molecule has 0 radical (unpaired) electrons. The van der Waals surface area contributed by atoms with Crippen molar-refractivity contribution in [2.75, 3.05) is 0 Å². The van der Waals surface area contributed by atoms with Crippen LogP contribution >= 0.6 is 0 Å². The van der Waals surface area contributed by atoms with Crippen LogP contribution in [0.5, 0.6) is 11.5 Å². The summed E-state index contributed by atoms with van der Waals surface area (Å²) in [6.07, 6.45) is 3.28. The Balaban J connectivity index is 0. The summed E-state index contributed by atoms with van der Waals surface area (Å²) in [7, 11) is -12.4. The van der Waals surface area contributed by atoms with E-state index in [2.05, 4.69) is 21.5 Å². The number of rotatable bonds is 6. The van der Waals surface area contributed by atoms with Crippen LogP contribution in [0.25, 0.3) is 11.1 Å².